The maximum Gasteiger partial charge on any atom is 0.148 e. The van der Waals surface area contributed by atoms with Gasteiger partial charge in [0, 0.05) is 28.6 Å². The van der Waals surface area contributed by atoms with Gasteiger partial charge in [-0.1, -0.05) is 12.1 Å². The highest BCUT2D eigenvalue weighted by Gasteiger charge is 2.07. The lowest BCUT2D eigenvalue weighted by Gasteiger charge is -2.02. The Morgan fingerprint density at radius 3 is 2.35 bits per heavy atom. The van der Waals surface area contributed by atoms with Crippen LogP contribution < -0.4 is 0 Å². The van der Waals surface area contributed by atoms with E-state index in [1.807, 2.05) is 6.07 Å². The largest absolute Gasteiger partial charge is 0.259 e. The lowest BCUT2D eigenvalue weighted by molar-refractivity contribution is 0.602. The summed E-state index contributed by atoms with van der Waals surface area (Å²) >= 11 is 0. The summed E-state index contributed by atoms with van der Waals surface area (Å²) in [6.45, 7) is 0. The minimum Gasteiger partial charge on any atom is -0.259 e. The number of sulfone groups is 1. The van der Waals surface area contributed by atoms with Crippen LogP contribution in [0.3, 0.4) is 0 Å². The van der Waals surface area contributed by atoms with Gasteiger partial charge < -0.3 is 0 Å². The van der Waals surface area contributed by atoms with Gasteiger partial charge in [-0.25, -0.2) is 8.42 Å². The first-order valence-electron chi connectivity index (χ1n) is 4.92. The number of nitrogens with zero attached hydrogens (tertiary/aromatic N) is 1. The number of hydrogen-bond donors (Lipinski definition) is 0. The molecule has 0 aliphatic rings. The van der Waals surface area contributed by atoms with Crippen molar-refractivity contribution in [1.29, 1.82) is 5.26 Å². The molecule has 0 saturated carbocycles. The first kappa shape index (κ1) is 13.9. The monoisotopic (exact) mass is 271 g/mol. The second-order valence-corrected chi connectivity index (χ2v) is 7.56. The third-order valence-corrected chi connectivity index (χ3v) is 4.61. The zero-order valence-corrected chi connectivity index (χ0v) is 11.1. The molecule has 0 bridgehead atoms. The molecule has 0 amide bonds. The van der Waals surface area contributed by atoms with E-state index in [-0.39, 0.29) is 11.5 Å². The maximum absolute atomic E-state index is 11.6. The van der Waals surface area contributed by atoms with E-state index in [1.165, 1.54) is 0 Å². The van der Waals surface area contributed by atoms with Gasteiger partial charge in [-0.3, -0.25) is 4.21 Å². The molecule has 92 valence electrons. The van der Waals surface area contributed by atoms with Crippen LogP contribution in [0.5, 0.6) is 0 Å². The van der Waals surface area contributed by atoms with Gasteiger partial charge in [-0.2, -0.15) is 5.26 Å². The Balaban J connectivity index is 2.54. The summed E-state index contributed by atoms with van der Waals surface area (Å²) in [6.07, 6.45) is 1.13. The summed E-state index contributed by atoms with van der Waals surface area (Å²) < 4.78 is 33.4. The SMILES string of the molecule is CS(=O)(=O)CCS(=O)Cc1ccc(C#N)cc1. The van der Waals surface area contributed by atoms with Crippen LogP contribution in [0, 0.1) is 11.3 Å². The molecule has 1 aromatic carbocycles. The molecular weight excluding hydrogens is 258 g/mol. The van der Waals surface area contributed by atoms with Crippen LogP contribution in [0.25, 0.3) is 0 Å². The predicted molar refractivity (Wildman–Crippen MR) is 67.6 cm³/mol. The van der Waals surface area contributed by atoms with Crippen LogP contribution in [0.2, 0.25) is 0 Å². The Hall–Kier alpha value is -1.19. The standard InChI is InChI=1S/C11H13NO3S2/c1-17(14,15)7-6-16(13)9-11-4-2-10(8-12)3-5-11/h2-5H,6-7,9H2,1H3. The van der Waals surface area contributed by atoms with Gasteiger partial charge in [-0.05, 0) is 17.7 Å². The minimum atomic E-state index is -3.06. The molecule has 0 heterocycles. The fourth-order valence-electron chi connectivity index (χ4n) is 1.18. The third kappa shape index (κ3) is 5.61. The molecule has 0 aliphatic carbocycles. The average molecular weight is 271 g/mol. The zero-order valence-electron chi connectivity index (χ0n) is 9.42. The smallest absolute Gasteiger partial charge is 0.148 e. The molecule has 0 radical (unpaired) electrons. The van der Waals surface area contributed by atoms with Gasteiger partial charge in [0.25, 0.3) is 0 Å². The summed E-state index contributed by atoms with van der Waals surface area (Å²) in [5.41, 5.74) is 1.39. The molecular formula is C11H13NO3S2. The first-order valence-corrected chi connectivity index (χ1v) is 8.47. The molecule has 0 aliphatic heterocycles. The van der Waals surface area contributed by atoms with Crippen LogP contribution in [0.4, 0.5) is 0 Å². The highest BCUT2D eigenvalue weighted by Crippen LogP contribution is 2.06. The van der Waals surface area contributed by atoms with E-state index in [4.69, 9.17) is 5.26 Å². The highest BCUT2D eigenvalue weighted by molar-refractivity contribution is 7.92. The van der Waals surface area contributed by atoms with Crippen molar-refractivity contribution in [3.8, 4) is 6.07 Å². The summed E-state index contributed by atoms with van der Waals surface area (Å²) in [6, 6.07) is 8.78. The Morgan fingerprint density at radius 1 is 1.29 bits per heavy atom. The van der Waals surface area contributed by atoms with Crippen molar-refractivity contribution < 1.29 is 12.6 Å². The number of hydrogen-bond acceptors (Lipinski definition) is 4. The molecule has 0 N–H and O–H groups in total. The van der Waals surface area contributed by atoms with Crippen molar-refractivity contribution in [3.05, 3.63) is 35.4 Å². The quantitative estimate of drug-likeness (QED) is 0.795. The number of nitriles is 1. The van der Waals surface area contributed by atoms with E-state index < -0.39 is 20.6 Å². The normalized spacial score (nSPS) is 12.9. The molecule has 0 aromatic heterocycles. The molecule has 4 nitrogen and oxygen atoms in total. The summed E-state index contributed by atoms with van der Waals surface area (Å²) in [7, 11) is -4.25. The summed E-state index contributed by atoms with van der Waals surface area (Å²) in [5, 5.41) is 8.61. The van der Waals surface area contributed by atoms with Crippen molar-refractivity contribution in [2.75, 3.05) is 17.8 Å². The second-order valence-electron chi connectivity index (χ2n) is 3.73. The van der Waals surface area contributed by atoms with Crippen molar-refractivity contribution in [2.45, 2.75) is 5.75 Å². The molecule has 0 fully saturated rings. The van der Waals surface area contributed by atoms with Crippen molar-refractivity contribution in [3.63, 3.8) is 0 Å². The Morgan fingerprint density at radius 2 is 1.88 bits per heavy atom. The predicted octanol–water partition coefficient (Wildman–Crippen LogP) is 0.852. The molecule has 1 rings (SSSR count). The fourth-order valence-corrected chi connectivity index (χ4v) is 3.84. The number of benzene rings is 1. The van der Waals surface area contributed by atoms with E-state index in [1.54, 1.807) is 24.3 Å². The third-order valence-electron chi connectivity index (χ3n) is 2.09. The Bertz CT molecular complexity index is 541. The fraction of sp³-hybridized carbons (Fsp3) is 0.364. The second kappa shape index (κ2) is 5.94. The van der Waals surface area contributed by atoms with Crippen molar-refractivity contribution in [2.24, 2.45) is 0 Å². The number of rotatable bonds is 5. The minimum absolute atomic E-state index is 0.0596. The summed E-state index contributed by atoms with van der Waals surface area (Å²) in [5.74, 6) is 0.413. The zero-order chi connectivity index (χ0) is 12.9. The summed E-state index contributed by atoms with van der Waals surface area (Å²) in [4.78, 5) is 0. The van der Waals surface area contributed by atoms with Crippen molar-refractivity contribution in [1.82, 2.24) is 0 Å². The van der Waals surface area contributed by atoms with Gasteiger partial charge in [-0.15, -0.1) is 0 Å². The molecule has 0 spiro atoms. The van der Waals surface area contributed by atoms with Gasteiger partial charge >= 0.3 is 0 Å². The van der Waals surface area contributed by atoms with E-state index in [9.17, 15) is 12.6 Å². The first-order chi connectivity index (χ1) is 7.90. The Kier molecular flexibility index (Phi) is 4.85. The average Bonchev–Trinajstić information content (AvgIpc) is 2.27. The van der Waals surface area contributed by atoms with Crippen LogP contribution in [0.15, 0.2) is 24.3 Å². The Labute approximate surface area is 104 Å². The molecule has 1 atom stereocenters. The molecule has 0 saturated heterocycles. The maximum atomic E-state index is 11.6. The molecule has 1 aromatic rings. The van der Waals surface area contributed by atoms with E-state index in [0.29, 0.717) is 11.3 Å². The van der Waals surface area contributed by atoms with E-state index >= 15 is 0 Å². The lowest BCUT2D eigenvalue weighted by atomic mass is 10.2. The van der Waals surface area contributed by atoms with Crippen LogP contribution in [-0.4, -0.2) is 30.4 Å². The van der Waals surface area contributed by atoms with Gasteiger partial charge in [0.05, 0.1) is 17.4 Å². The highest BCUT2D eigenvalue weighted by atomic mass is 32.2. The van der Waals surface area contributed by atoms with E-state index in [0.717, 1.165) is 11.8 Å². The van der Waals surface area contributed by atoms with Crippen LogP contribution in [0.1, 0.15) is 11.1 Å². The van der Waals surface area contributed by atoms with Crippen LogP contribution >= 0.6 is 0 Å². The van der Waals surface area contributed by atoms with Crippen LogP contribution in [-0.2, 0) is 26.4 Å². The van der Waals surface area contributed by atoms with Gasteiger partial charge in [0.2, 0.25) is 0 Å². The van der Waals surface area contributed by atoms with Crippen molar-refractivity contribution >= 4 is 20.6 Å². The molecule has 6 heteroatoms. The topological polar surface area (TPSA) is 75.0 Å². The lowest BCUT2D eigenvalue weighted by Crippen LogP contribution is -2.12. The van der Waals surface area contributed by atoms with E-state index in [2.05, 4.69) is 0 Å². The van der Waals surface area contributed by atoms with Gasteiger partial charge in [0.1, 0.15) is 9.84 Å². The molecule has 1 unspecified atom stereocenters. The van der Waals surface area contributed by atoms with Gasteiger partial charge in [0.15, 0.2) is 0 Å². The molecule has 17 heavy (non-hydrogen) atoms.